The molecule has 0 fully saturated rings. The summed E-state index contributed by atoms with van der Waals surface area (Å²) in [7, 11) is 0. The SMILES string of the molecule is [2H]C([2H])([2H])c1cc(-c2cc(-c3cccc4c3nc(-c3cc(C(C)C)cc(C(C)C)c3O)n4-c3ccccc3-c3ccccc3)cc(C([2H])([2H])c3ccccc3)c2)ncc1-c1ccccc1. The first kappa shape index (κ1) is 32.9. The summed E-state index contributed by atoms with van der Waals surface area (Å²) in [5.74, 6) is 0.961. The number of nitrogens with zero attached hydrogens (tertiary/aromatic N) is 3. The molecular formula is C56H49N3O. The first-order valence-electron chi connectivity index (χ1n) is 23.0. The van der Waals surface area contributed by atoms with Gasteiger partial charge in [0.1, 0.15) is 11.6 Å². The van der Waals surface area contributed by atoms with Gasteiger partial charge in [-0.3, -0.25) is 9.55 Å². The standard InChI is InChI=1S/C56H49N3O/c1-36(2)43-33-48(37(3)4)55(60)49(34-43)56-58-54-47(25-17-27-53(54)59(56)52-26-16-15-24-46(52)41-20-11-7-12-21-41)44-30-40(29-39-18-9-6-10-19-39)31-45(32-44)51-28-38(5)50(35-57-51)42-22-13-8-14-23-42/h6-28,30-37,60H,29H2,1-5H3/i5D3,29D2. The van der Waals surface area contributed by atoms with Crippen molar-refractivity contribution in [3.8, 4) is 67.5 Å². The minimum Gasteiger partial charge on any atom is -0.507 e. The predicted molar refractivity (Wildman–Crippen MR) is 250 cm³/mol. The Morgan fingerprint density at radius 3 is 1.93 bits per heavy atom. The van der Waals surface area contributed by atoms with Gasteiger partial charge in [0.25, 0.3) is 0 Å². The Kier molecular flexibility index (Phi) is 8.93. The van der Waals surface area contributed by atoms with E-state index in [-0.39, 0.29) is 23.1 Å². The first-order chi connectivity index (χ1) is 31.2. The van der Waals surface area contributed by atoms with E-state index >= 15 is 0 Å². The van der Waals surface area contributed by atoms with Crippen molar-refractivity contribution in [3.05, 3.63) is 204 Å². The van der Waals surface area contributed by atoms with Gasteiger partial charge in [-0.05, 0) is 106 Å². The Morgan fingerprint density at radius 1 is 0.583 bits per heavy atom. The number of pyridine rings is 1. The van der Waals surface area contributed by atoms with Crippen LogP contribution in [0.3, 0.4) is 0 Å². The summed E-state index contributed by atoms with van der Waals surface area (Å²) in [5.41, 5.74) is 11.4. The number of phenolic OH excluding ortho intramolecular Hbond substituents is 1. The molecule has 9 aromatic rings. The van der Waals surface area contributed by atoms with Crippen molar-refractivity contribution < 1.29 is 12.0 Å². The van der Waals surface area contributed by atoms with E-state index in [4.69, 9.17) is 14.1 Å². The Morgan fingerprint density at radius 2 is 1.23 bits per heavy atom. The molecule has 0 unspecified atom stereocenters. The molecule has 0 atom stereocenters. The Hall–Kier alpha value is -7.04. The number of aromatic nitrogens is 3. The van der Waals surface area contributed by atoms with Gasteiger partial charge in [0.15, 0.2) is 0 Å². The summed E-state index contributed by atoms with van der Waals surface area (Å²) in [6, 6.07) is 54.1. The molecule has 2 aromatic heterocycles. The monoisotopic (exact) mass is 784 g/mol. The predicted octanol–water partition coefficient (Wildman–Crippen LogP) is 14.6. The van der Waals surface area contributed by atoms with Crippen LogP contribution in [-0.4, -0.2) is 19.6 Å². The average molecular weight is 785 g/mol. The second kappa shape index (κ2) is 16.3. The molecule has 0 spiro atoms. The third-order valence-electron chi connectivity index (χ3n) is 11.2. The number of phenols is 1. The molecule has 294 valence electrons. The van der Waals surface area contributed by atoms with Crippen LogP contribution >= 0.6 is 0 Å². The van der Waals surface area contributed by atoms with E-state index in [9.17, 15) is 7.85 Å². The maximum Gasteiger partial charge on any atom is 0.149 e. The smallest absolute Gasteiger partial charge is 0.149 e. The zero-order chi connectivity index (χ0) is 45.6. The highest BCUT2D eigenvalue weighted by Crippen LogP contribution is 2.44. The van der Waals surface area contributed by atoms with Gasteiger partial charge in [-0.1, -0.05) is 161 Å². The minimum atomic E-state index is -2.46. The molecule has 9 rings (SSSR count). The van der Waals surface area contributed by atoms with Crippen molar-refractivity contribution in [1.29, 1.82) is 0 Å². The van der Waals surface area contributed by atoms with Crippen LogP contribution in [0.25, 0.3) is 72.7 Å². The van der Waals surface area contributed by atoms with Crippen LogP contribution < -0.4 is 0 Å². The van der Waals surface area contributed by atoms with Gasteiger partial charge < -0.3 is 5.11 Å². The maximum absolute atomic E-state index is 12.2. The molecule has 2 heterocycles. The fourth-order valence-electron chi connectivity index (χ4n) is 8.06. The Balaban J connectivity index is 1.35. The number of hydrogen-bond acceptors (Lipinski definition) is 3. The molecule has 0 saturated carbocycles. The molecule has 0 aliphatic rings. The maximum atomic E-state index is 12.2. The number of aromatic hydroxyl groups is 1. The molecule has 0 aliphatic heterocycles. The second-order valence-corrected chi connectivity index (χ2v) is 15.9. The normalized spacial score (nSPS) is 13.2. The van der Waals surface area contributed by atoms with Crippen LogP contribution in [0.15, 0.2) is 176 Å². The van der Waals surface area contributed by atoms with Crippen LogP contribution in [0.5, 0.6) is 5.75 Å². The van der Waals surface area contributed by atoms with Gasteiger partial charge in [-0.25, -0.2) is 4.98 Å². The third kappa shape index (κ3) is 7.42. The van der Waals surface area contributed by atoms with Crippen molar-refractivity contribution >= 4 is 11.0 Å². The number of para-hydroxylation sites is 2. The van der Waals surface area contributed by atoms with E-state index in [0.29, 0.717) is 50.4 Å². The van der Waals surface area contributed by atoms with Crippen molar-refractivity contribution in [1.82, 2.24) is 14.5 Å². The quantitative estimate of drug-likeness (QED) is 0.150. The van der Waals surface area contributed by atoms with E-state index in [1.54, 1.807) is 30.5 Å². The van der Waals surface area contributed by atoms with E-state index in [1.165, 1.54) is 0 Å². The summed E-state index contributed by atoms with van der Waals surface area (Å²) in [6.45, 7) is 6.00. The highest BCUT2D eigenvalue weighted by atomic mass is 16.3. The van der Waals surface area contributed by atoms with Gasteiger partial charge in [0.2, 0.25) is 0 Å². The molecule has 0 bridgehead atoms. The molecule has 1 N–H and O–H groups in total. The molecule has 7 aromatic carbocycles. The largest absolute Gasteiger partial charge is 0.507 e. The lowest BCUT2D eigenvalue weighted by molar-refractivity contribution is 0.466. The summed E-state index contributed by atoms with van der Waals surface area (Å²) in [6.07, 6.45) is -0.348. The van der Waals surface area contributed by atoms with Crippen molar-refractivity contribution in [2.24, 2.45) is 0 Å². The van der Waals surface area contributed by atoms with Gasteiger partial charge >= 0.3 is 0 Å². The van der Waals surface area contributed by atoms with Gasteiger partial charge in [-0.2, -0.15) is 0 Å². The molecule has 60 heavy (non-hydrogen) atoms. The second-order valence-electron chi connectivity index (χ2n) is 15.9. The Bertz CT molecular complexity index is 3180. The van der Waals surface area contributed by atoms with Crippen LogP contribution in [0.1, 0.15) is 74.2 Å². The molecule has 0 radical (unpaired) electrons. The molecule has 4 heteroatoms. The fourth-order valence-corrected chi connectivity index (χ4v) is 8.06. The number of aryl methyl sites for hydroxylation is 1. The summed E-state index contributed by atoms with van der Waals surface area (Å²) in [5, 5.41) is 12.2. The van der Waals surface area contributed by atoms with Crippen molar-refractivity contribution in [2.75, 3.05) is 0 Å². The van der Waals surface area contributed by atoms with Crippen molar-refractivity contribution in [3.63, 3.8) is 0 Å². The van der Waals surface area contributed by atoms with E-state index < -0.39 is 13.2 Å². The van der Waals surface area contributed by atoms with E-state index in [2.05, 4.69) is 68.7 Å². The highest BCUT2D eigenvalue weighted by molar-refractivity contribution is 5.97. The van der Waals surface area contributed by atoms with Gasteiger partial charge in [-0.15, -0.1) is 0 Å². The van der Waals surface area contributed by atoms with E-state index in [1.807, 2.05) is 109 Å². The van der Waals surface area contributed by atoms with Crippen molar-refractivity contribution in [2.45, 2.75) is 52.8 Å². The zero-order valence-electron chi connectivity index (χ0n) is 39.2. The lowest BCUT2D eigenvalue weighted by Crippen LogP contribution is -2.03. The fraction of sp³-hybridized carbons (Fsp3) is 0.143. The zero-order valence-corrected chi connectivity index (χ0v) is 34.2. The summed E-state index contributed by atoms with van der Waals surface area (Å²) < 4.78 is 47.1. The molecular weight excluding hydrogens is 731 g/mol. The summed E-state index contributed by atoms with van der Waals surface area (Å²) in [4.78, 5) is 10.4. The number of benzene rings is 7. The third-order valence-corrected chi connectivity index (χ3v) is 11.2. The number of fused-ring (bicyclic) bond motifs is 1. The van der Waals surface area contributed by atoms with Gasteiger partial charge in [0, 0.05) is 35.3 Å². The van der Waals surface area contributed by atoms with Crippen LogP contribution in [0.4, 0.5) is 0 Å². The lowest BCUT2D eigenvalue weighted by atomic mass is 9.91. The Labute approximate surface area is 360 Å². The molecule has 0 aliphatic carbocycles. The number of hydrogen-bond donors (Lipinski definition) is 1. The van der Waals surface area contributed by atoms with Crippen LogP contribution in [0.2, 0.25) is 0 Å². The van der Waals surface area contributed by atoms with Crippen LogP contribution in [-0.2, 0) is 6.37 Å². The first-order valence-corrected chi connectivity index (χ1v) is 20.5. The lowest BCUT2D eigenvalue weighted by Gasteiger charge is -2.19. The van der Waals surface area contributed by atoms with Gasteiger partial charge in [0.05, 0.1) is 28.0 Å². The molecule has 0 amide bonds. The molecule has 0 saturated heterocycles. The average Bonchev–Trinajstić information content (AvgIpc) is 3.71. The number of rotatable bonds is 10. The topological polar surface area (TPSA) is 50.9 Å². The van der Waals surface area contributed by atoms with E-state index in [0.717, 1.165) is 44.6 Å². The number of imidazole rings is 1. The van der Waals surface area contributed by atoms with Crippen LogP contribution in [0, 0.1) is 6.85 Å². The molecule has 4 nitrogen and oxygen atoms in total. The summed E-state index contributed by atoms with van der Waals surface area (Å²) >= 11 is 0. The highest BCUT2D eigenvalue weighted by Gasteiger charge is 2.25. The minimum absolute atomic E-state index is 0.0411.